The Morgan fingerprint density at radius 1 is 1.31 bits per heavy atom. The standard InChI is InChI=1S/C12H17N/c1-4-10-7-5-6-8-11(10)12(13)9(2)3/h4-9,12H,1,13H2,2-3H3/t12-/m1/s1. The molecule has 0 bridgehead atoms. The van der Waals surface area contributed by atoms with E-state index in [1.807, 2.05) is 24.3 Å². The maximum absolute atomic E-state index is 6.07. The Morgan fingerprint density at radius 2 is 1.92 bits per heavy atom. The summed E-state index contributed by atoms with van der Waals surface area (Å²) in [6.07, 6.45) is 1.86. The van der Waals surface area contributed by atoms with E-state index >= 15 is 0 Å². The van der Waals surface area contributed by atoms with Crippen LogP contribution in [0.4, 0.5) is 0 Å². The second-order valence-electron chi connectivity index (χ2n) is 3.60. The van der Waals surface area contributed by atoms with Crippen LogP contribution in [0, 0.1) is 5.92 Å². The van der Waals surface area contributed by atoms with Crippen LogP contribution in [0.2, 0.25) is 0 Å². The second kappa shape index (κ2) is 4.24. The van der Waals surface area contributed by atoms with Crippen LogP contribution in [-0.4, -0.2) is 0 Å². The van der Waals surface area contributed by atoms with Gasteiger partial charge in [-0.3, -0.25) is 0 Å². The Balaban J connectivity index is 3.05. The highest BCUT2D eigenvalue weighted by Gasteiger charge is 2.11. The number of benzene rings is 1. The molecular weight excluding hydrogens is 158 g/mol. The van der Waals surface area contributed by atoms with Gasteiger partial charge >= 0.3 is 0 Å². The molecule has 1 nitrogen and oxygen atoms in total. The third-order valence-electron chi connectivity index (χ3n) is 2.29. The zero-order valence-corrected chi connectivity index (χ0v) is 8.33. The normalized spacial score (nSPS) is 12.9. The summed E-state index contributed by atoms with van der Waals surface area (Å²) < 4.78 is 0. The highest BCUT2D eigenvalue weighted by Crippen LogP contribution is 2.22. The van der Waals surface area contributed by atoms with Crippen LogP contribution in [0.25, 0.3) is 6.08 Å². The minimum Gasteiger partial charge on any atom is -0.324 e. The topological polar surface area (TPSA) is 26.0 Å². The molecule has 1 aromatic rings. The molecule has 0 aliphatic heterocycles. The largest absolute Gasteiger partial charge is 0.324 e. The molecule has 2 N–H and O–H groups in total. The van der Waals surface area contributed by atoms with E-state index in [0.717, 1.165) is 5.56 Å². The van der Waals surface area contributed by atoms with Crippen molar-refractivity contribution >= 4 is 6.08 Å². The summed E-state index contributed by atoms with van der Waals surface area (Å²) in [7, 11) is 0. The Labute approximate surface area is 80.3 Å². The first-order chi connectivity index (χ1) is 6.16. The maximum atomic E-state index is 6.07. The Bertz CT molecular complexity index is 289. The van der Waals surface area contributed by atoms with E-state index < -0.39 is 0 Å². The van der Waals surface area contributed by atoms with E-state index in [0.29, 0.717) is 5.92 Å². The number of nitrogens with two attached hydrogens (primary N) is 1. The Morgan fingerprint density at radius 3 is 2.46 bits per heavy atom. The highest BCUT2D eigenvalue weighted by atomic mass is 14.6. The van der Waals surface area contributed by atoms with Crippen LogP contribution in [-0.2, 0) is 0 Å². The van der Waals surface area contributed by atoms with Gasteiger partial charge in [0.05, 0.1) is 0 Å². The summed E-state index contributed by atoms with van der Waals surface area (Å²) in [6.45, 7) is 8.04. The Hall–Kier alpha value is -1.08. The fraction of sp³-hybridized carbons (Fsp3) is 0.333. The lowest BCUT2D eigenvalue weighted by molar-refractivity contribution is 0.513. The van der Waals surface area contributed by atoms with Crippen LogP contribution in [0.3, 0.4) is 0 Å². The van der Waals surface area contributed by atoms with Gasteiger partial charge in [-0.1, -0.05) is 50.8 Å². The second-order valence-corrected chi connectivity index (χ2v) is 3.60. The molecule has 0 aliphatic carbocycles. The van der Waals surface area contributed by atoms with Crippen molar-refractivity contribution in [2.24, 2.45) is 11.7 Å². The number of rotatable bonds is 3. The molecule has 0 saturated heterocycles. The van der Waals surface area contributed by atoms with Crippen molar-refractivity contribution in [1.82, 2.24) is 0 Å². The van der Waals surface area contributed by atoms with Crippen molar-refractivity contribution in [2.75, 3.05) is 0 Å². The van der Waals surface area contributed by atoms with E-state index in [2.05, 4.69) is 26.5 Å². The molecule has 1 atom stereocenters. The van der Waals surface area contributed by atoms with Crippen molar-refractivity contribution in [3.05, 3.63) is 42.0 Å². The van der Waals surface area contributed by atoms with Gasteiger partial charge in [0, 0.05) is 6.04 Å². The first-order valence-electron chi connectivity index (χ1n) is 4.63. The lowest BCUT2D eigenvalue weighted by Crippen LogP contribution is -2.17. The summed E-state index contributed by atoms with van der Waals surface area (Å²) in [6, 6.07) is 8.25. The van der Waals surface area contributed by atoms with Crippen LogP contribution in [0.15, 0.2) is 30.8 Å². The molecule has 1 aromatic carbocycles. The smallest absolute Gasteiger partial charge is 0.0324 e. The van der Waals surface area contributed by atoms with E-state index in [9.17, 15) is 0 Å². The molecule has 1 heteroatoms. The lowest BCUT2D eigenvalue weighted by atomic mass is 9.93. The molecule has 0 unspecified atom stereocenters. The molecule has 0 spiro atoms. The van der Waals surface area contributed by atoms with Crippen LogP contribution in [0.5, 0.6) is 0 Å². The number of hydrogen-bond acceptors (Lipinski definition) is 1. The van der Waals surface area contributed by atoms with Gasteiger partial charge in [-0.05, 0) is 17.0 Å². The summed E-state index contributed by atoms with van der Waals surface area (Å²) in [4.78, 5) is 0. The van der Waals surface area contributed by atoms with Crippen molar-refractivity contribution in [1.29, 1.82) is 0 Å². The fourth-order valence-electron chi connectivity index (χ4n) is 1.36. The molecular formula is C12H17N. The zero-order valence-electron chi connectivity index (χ0n) is 8.33. The SMILES string of the molecule is C=Cc1ccccc1[C@H](N)C(C)C. The molecule has 0 fully saturated rings. The van der Waals surface area contributed by atoms with Gasteiger partial charge in [0.25, 0.3) is 0 Å². The first-order valence-corrected chi connectivity index (χ1v) is 4.63. The van der Waals surface area contributed by atoms with Gasteiger partial charge in [-0.25, -0.2) is 0 Å². The minimum absolute atomic E-state index is 0.106. The van der Waals surface area contributed by atoms with Crippen LogP contribution in [0.1, 0.15) is 31.0 Å². The van der Waals surface area contributed by atoms with Gasteiger partial charge in [0.2, 0.25) is 0 Å². The molecule has 70 valence electrons. The predicted molar refractivity (Wildman–Crippen MR) is 58.3 cm³/mol. The number of hydrogen-bond donors (Lipinski definition) is 1. The van der Waals surface area contributed by atoms with Gasteiger partial charge in [-0.2, -0.15) is 0 Å². The van der Waals surface area contributed by atoms with Crippen molar-refractivity contribution < 1.29 is 0 Å². The van der Waals surface area contributed by atoms with Gasteiger partial charge in [-0.15, -0.1) is 0 Å². The fourth-order valence-corrected chi connectivity index (χ4v) is 1.36. The molecule has 1 rings (SSSR count). The molecule has 0 aromatic heterocycles. The van der Waals surface area contributed by atoms with E-state index in [1.165, 1.54) is 5.56 Å². The van der Waals surface area contributed by atoms with Crippen LogP contribution >= 0.6 is 0 Å². The van der Waals surface area contributed by atoms with Gasteiger partial charge < -0.3 is 5.73 Å². The molecule has 0 amide bonds. The quantitative estimate of drug-likeness (QED) is 0.751. The molecule has 13 heavy (non-hydrogen) atoms. The van der Waals surface area contributed by atoms with E-state index in [1.54, 1.807) is 0 Å². The van der Waals surface area contributed by atoms with Crippen molar-refractivity contribution in [3.8, 4) is 0 Å². The molecule has 0 saturated carbocycles. The minimum atomic E-state index is 0.106. The monoisotopic (exact) mass is 175 g/mol. The molecule has 0 aliphatic rings. The van der Waals surface area contributed by atoms with Gasteiger partial charge in [0.15, 0.2) is 0 Å². The summed E-state index contributed by atoms with van der Waals surface area (Å²) >= 11 is 0. The molecule has 0 radical (unpaired) electrons. The average Bonchev–Trinajstić information content (AvgIpc) is 2.16. The first kappa shape index (κ1) is 10.0. The third-order valence-corrected chi connectivity index (χ3v) is 2.29. The van der Waals surface area contributed by atoms with E-state index in [-0.39, 0.29) is 6.04 Å². The predicted octanol–water partition coefficient (Wildman–Crippen LogP) is 2.99. The van der Waals surface area contributed by atoms with E-state index in [4.69, 9.17) is 5.73 Å². The summed E-state index contributed by atoms with van der Waals surface area (Å²) in [5, 5.41) is 0. The maximum Gasteiger partial charge on any atom is 0.0324 e. The van der Waals surface area contributed by atoms with Crippen LogP contribution < -0.4 is 5.73 Å². The van der Waals surface area contributed by atoms with Gasteiger partial charge in [0.1, 0.15) is 0 Å². The lowest BCUT2D eigenvalue weighted by Gasteiger charge is -2.18. The van der Waals surface area contributed by atoms with Crippen molar-refractivity contribution in [2.45, 2.75) is 19.9 Å². The van der Waals surface area contributed by atoms with Crippen molar-refractivity contribution in [3.63, 3.8) is 0 Å². The zero-order chi connectivity index (χ0) is 9.84. The summed E-state index contributed by atoms with van der Waals surface area (Å²) in [5.41, 5.74) is 8.40. The molecule has 0 heterocycles. The average molecular weight is 175 g/mol. The third kappa shape index (κ3) is 2.19. The summed E-state index contributed by atoms with van der Waals surface area (Å²) in [5.74, 6) is 0.459. The Kier molecular flexibility index (Phi) is 3.26. The highest BCUT2D eigenvalue weighted by molar-refractivity contribution is 5.52.